The van der Waals surface area contributed by atoms with Crippen LogP contribution in [0.4, 0.5) is 5.95 Å². The van der Waals surface area contributed by atoms with Crippen molar-refractivity contribution in [2.45, 2.75) is 70.3 Å². The van der Waals surface area contributed by atoms with Gasteiger partial charge in [0, 0.05) is 6.07 Å². The third-order valence-corrected chi connectivity index (χ3v) is 7.46. The van der Waals surface area contributed by atoms with E-state index in [2.05, 4.69) is 21.4 Å². The highest BCUT2D eigenvalue weighted by Gasteiger charge is 2.38. The van der Waals surface area contributed by atoms with E-state index in [1.54, 1.807) is 6.26 Å². The van der Waals surface area contributed by atoms with Gasteiger partial charge in [-0.05, 0) is 74.3 Å². The minimum atomic E-state index is 0.205. The number of anilines is 1. The molecule has 2 unspecified atom stereocenters. The lowest BCUT2D eigenvalue weighted by Gasteiger charge is -2.44. The quantitative estimate of drug-likeness (QED) is 0.569. The number of nitrogens with zero attached hydrogens (tertiary/aromatic N) is 2. The Bertz CT molecular complexity index is 873. The van der Waals surface area contributed by atoms with Crippen LogP contribution < -0.4 is 15.2 Å². The summed E-state index contributed by atoms with van der Waals surface area (Å²) < 4.78 is 11.8. The fraction of sp³-hybridized carbons (Fsp3) is 0.636. The van der Waals surface area contributed by atoms with Crippen molar-refractivity contribution >= 4 is 29.0 Å². The van der Waals surface area contributed by atoms with Crippen LogP contribution in [0.5, 0.6) is 5.88 Å². The molecule has 2 heterocycles. The number of furan rings is 1. The van der Waals surface area contributed by atoms with Crippen LogP contribution in [0.2, 0.25) is 0 Å². The summed E-state index contributed by atoms with van der Waals surface area (Å²) in [7, 11) is 0. The van der Waals surface area contributed by atoms with Crippen LogP contribution >= 0.6 is 11.9 Å². The first-order chi connectivity index (χ1) is 14.3. The third kappa shape index (κ3) is 4.12. The van der Waals surface area contributed by atoms with E-state index in [1.165, 1.54) is 63.3 Å². The van der Waals surface area contributed by atoms with Gasteiger partial charge in [-0.2, -0.15) is 4.98 Å². The van der Waals surface area contributed by atoms with Crippen LogP contribution in [0, 0.1) is 17.8 Å². The van der Waals surface area contributed by atoms with Crippen molar-refractivity contribution in [1.82, 2.24) is 9.97 Å². The van der Waals surface area contributed by atoms with E-state index >= 15 is 0 Å². The molecule has 3 N–H and O–H groups in total. The Morgan fingerprint density at radius 2 is 1.97 bits per heavy atom. The average molecular weight is 415 g/mol. The van der Waals surface area contributed by atoms with Crippen LogP contribution in [0.3, 0.4) is 0 Å². The summed E-state index contributed by atoms with van der Waals surface area (Å²) >= 11 is 1.24. The predicted molar refractivity (Wildman–Crippen MR) is 116 cm³/mol. The number of allylic oxidation sites excluding steroid dienone is 1. The molecule has 0 radical (unpaired) electrons. The lowest BCUT2D eigenvalue weighted by molar-refractivity contribution is 0.0837. The Hall–Kier alpha value is -1.73. The first kappa shape index (κ1) is 19.2. The molecule has 3 aliphatic carbocycles. The lowest BCUT2D eigenvalue weighted by atomic mass is 9.61. The summed E-state index contributed by atoms with van der Waals surface area (Å²) in [5.41, 5.74) is 1.38. The van der Waals surface area contributed by atoms with Crippen molar-refractivity contribution in [3.8, 4) is 5.88 Å². The van der Waals surface area contributed by atoms with Crippen LogP contribution in [0.1, 0.15) is 64.2 Å². The molecule has 2 aromatic heterocycles. The normalized spacial score (nSPS) is 26.2. The van der Waals surface area contributed by atoms with Crippen molar-refractivity contribution in [3.05, 3.63) is 23.4 Å². The molecule has 3 fully saturated rings. The van der Waals surface area contributed by atoms with E-state index in [1.807, 2.05) is 6.07 Å². The smallest absolute Gasteiger partial charge is 0.263 e. The molecule has 0 bridgehead atoms. The van der Waals surface area contributed by atoms with Gasteiger partial charge in [0.1, 0.15) is 11.6 Å². The molecule has 0 spiro atoms. The number of ether oxygens (including phenoxy) is 1. The fourth-order valence-electron chi connectivity index (χ4n) is 4.94. The Balaban J connectivity index is 1.34. The zero-order valence-electron chi connectivity index (χ0n) is 16.8. The summed E-state index contributed by atoms with van der Waals surface area (Å²) in [6, 6.07) is 1.85. The molecule has 7 heteroatoms. The van der Waals surface area contributed by atoms with Crippen molar-refractivity contribution in [1.29, 1.82) is 0 Å². The topological polar surface area (TPSA) is 86.2 Å². The van der Waals surface area contributed by atoms with Crippen LogP contribution in [0.25, 0.3) is 11.1 Å². The second kappa shape index (κ2) is 8.56. The van der Waals surface area contributed by atoms with Gasteiger partial charge in [0.05, 0.1) is 11.3 Å². The Kier molecular flexibility index (Phi) is 5.68. The van der Waals surface area contributed by atoms with Crippen molar-refractivity contribution in [2.24, 2.45) is 22.9 Å². The molecule has 2 aromatic rings. The van der Waals surface area contributed by atoms with E-state index in [0.717, 1.165) is 35.2 Å². The summed E-state index contributed by atoms with van der Waals surface area (Å²) in [5.74, 6) is 3.42. The minimum absolute atomic E-state index is 0.205. The third-order valence-electron chi connectivity index (χ3n) is 6.97. The van der Waals surface area contributed by atoms with Gasteiger partial charge in [-0.25, -0.2) is 4.98 Å². The van der Waals surface area contributed by atoms with Crippen molar-refractivity contribution in [2.75, 3.05) is 5.32 Å². The van der Waals surface area contributed by atoms with Crippen LogP contribution in [-0.2, 0) is 0 Å². The van der Waals surface area contributed by atoms with E-state index in [4.69, 9.17) is 14.3 Å². The van der Waals surface area contributed by atoms with Gasteiger partial charge in [-0.15, -0.1) is 0 Å². The highest BCUT2D eigenvalue weighted by Crippen LogP contribution is 2.48. The van der Waals surface area contributed by atoms with Gasteiger partial charge in [0.2, 0.25) is 11.5 Å². The van der Waals surface area contributed by atoms with Gasteiger partial charge >= 0.3 is 0 Å². The van der Waals surface area contributed by atoms with Gasteiger partial charge in [0.25, 0.3) is 5.88 Å². The first-order valence-electron chi connectivity index (χ1n) is 11.1. The average Bonchev–Trinajstić information content (AvgIpc) is 3.16. The van der Waals surface area contributed by atoms with E-state index < -0.39 is 0 Å². The Morgan fingerprint density at radius 1 is 1.10 bits per heavy atom. The zero-order valence-corrected chi connectivity index (χ0v) is 17.6. The number of nitrogens with two attached hydrogens (primary N) is 1. The number of hydrogen-bond acceptors (Lipinski definition) is 7. The van der Waals surface area contributed by atoms with Gasteiger partial charge in [-0.1, -0.05) is 25.7 Å². The minimum Gasteiger partial charge on any atom is -0.472 e. The lowest BCUT2D eigenvalue weighted by Crippen LogP contribution is -2.35. The first-order valence-corrected chi connectivity index (χ1v) is 12.0. The molecule has 29 heavy (non-hydrogen) atoms. The number of nitrogens with one attached hydrogen (secondary N) is 1. The molecular formula is C22H30N4O2S. The predicted octanol–water partition coefficient (Wildman–Crippen LogP) is 5.62. The standard InChI is InChI=1S/C22H30N4O2S/c23-29-19(13-15-9-10-17(15)14-5-4-6-14)25-22-24-18-11-12-27-20(18)21(26-22)28-16-7-2-1-3-8-16/h11-17H,1-10,23H2,(H,24,25,26)/b19-13-. The Labute approximate surface area is 176 Å². The van der Waals surface area contributed by atoms with Gasteiger partial charge in [0.15, 0.2) is 0 Å². The molecule has 3 saturated carbocycles. The van der Waals surface area contributed by atoms with Crippen molar-refractivity contribution < 1.29 is 9.15 Å². The maximum Gasteiger partial charge on any atom is 0.263 e. The SMILES string of the molecule is NS/C(=C\C1CCC1C1CCC1)Nc1nc(OC2CCCCC2)c2occc2n1. The van der Waals surface area contributed by atoms with Crippen LogP contribution in [-0.4, -0.2) is 16.1 Å². The maximum atomic E-state index is 6.22. The number of hydrogen-bond donors (Lipinski definition) is 2. The van der Waals surface area contributed by atoms with Crippen molar-refractivity contribution in [3.63, 3.8) is 0 Å². The molecule has 5 rings (SSSR count). The second-order valence-electron chi connectivity index (χ2n) is 8.74. The summed E-state index contributed by atoms with van der Waals surface area (Å²) in [4.78, 5) is 9.24. The number of fused-ring (bicyclic) bond motifs is 1. The molecule has 3 aliphatic rings. The number of rotatable bonds is 7. The molecule has 6 nitrogen and oxygen atoms in total. The van der Waals surface area contributed by atoms with E-state index in [-0.39, 0.29) is 6.10 Å². The Morgan fingerprint density at radius 3 is 2.66 bits per heavy atom. The molecule has 0 aliphatic heterocycles. The van der Waals surface area contributed by atoms with Crippen LogP contribution in [0.15, 0.2) is 27.9 Å². The molecular weight excluding hydrogens is 384 g/mol. The maximum absolute atomic E-state index is 6.22. The largest absolute Gasteiger partial charge is 0.472 e. The molecule has 156 valence electrons. The molecule has 0 saturated heterocycles. The second-order valence-corrected chi connectivity index (χ2v) is 9.41. The number of aromatic nitrogens is 2. The summed E-state index contributed by atoms with van der Waals surface area (Å²) in [6.07, 6.45) is 16.8. The highest BCUT2D eigenvalue weighted by molar-refractivity contribution is 8.01. The zero-order chi connectivity index (χ0) is 19.6. The van der Waals surface area contributed by atoms with Gasteiger partial charge in [-0.3, -0.25) is 5.14 Å². The van der Waals surface area contributed by atoms with Gasteiger partial charge < -0.3 is 14.5 Å². The fourth-order valence-corrected chi connectivity index (χ4v) is 5.34. The molecule has 2 atom stereocenters. The summed E-state index contributed by atoms with van der Waals surface area (Å²) in [6.45, 7) is 0. The molecule has 0 amide bonds. The monoisotopic (exact) mass is 414 g/mol. The highest BCUT2D eigenvalue weighted by atomic mass is 32.2. The summed E-state index contributed by atoms with van der Waals surface area (Å²) in [5, 5.41) is 10.2. The van der Waals surface area contributed by atoms with E-state index in [9.17, 15) is 0 Å². The van der Waals surface area contributed by atoms with E-state index in [0.29, 0.717) is 23.3 Å². The molecule has 0 aromatic carbocycles.